The van der Waals surface area contributed by atoms with Gasteiger partial charge in [-0.25, -0.2) is 0 Å². The van der Waals surface area contributed by atoms with Crippen molar-refractivity contribution < 1.29 is 4.79 Å². The normalized spacial score (nSPS) is 28.0. The van der Waals surface area contributed by atoms with Crippen LogP contribution in [0, 0.1) is 5.92 Å². The summed E-state index contributed by atoms with van der Waals surface area (Å²) in [6.45, 7) is 6.02. The number of aromatic nitrogens is 2. The molecule has 3 atom stereocenters. The van der Waals surface area contributed by atoms with Crippen molar-refractivity contribution >= 4 is 5.91 Å². The van der Waals surface area contributed by atoms with Gasteiger partial charge in [-0.15, -0.1) is 0 Å². The van der Waals surface area contributed by atoms with Gasteiger partial charge in [-0.2, -0.15) is 5.10 Å². The molecule has 2 rings (SSSR count). The van der Waals surface area contributed by atoms with E-state index in [9.17, 15) is 4.79 Å². The molecule has 3 unspecified atom stereocenters. The summed E-state index contributed by atoms with van der Waals surface area (Å²) in [5, 5.41) is 10.6. The average molecular weight is 250 g/mol. The molecule has 0 aromatic carbocycles. The second-order valence-corrected chi connectivity index (χ2v) is 5.12. The molecule has 0 bridgehead atoms. The Labute approximate surface area is 108 Å². The third kappa shape index (κ3) is 3.32. The lowest BCUT2D eigenvalue weighted by Gasteiger charge is -2.36. The molecule has 2 heterocycles. The highest BCUT2D eigenvalue weighted by Crippen LogP contribution is 2.16. The molecule has 1 amide bonds. The number of nitrogens with one attached hydrogen (secondary N) is 2. The number of amides is 1. The summed E-state index contributed by atoms with van der Waals surface area (Å²) in [6, 6.07) is 2.46. The van der Waals surface area contributed by atoms with Crippen LogP contribution in [0.3, 0.4) is 0 Å². The second-order valence-electron chi connectivity index (χ2n) is 5.12. The van der Waals surface area contributed by atoms with E-state index in [2.05, 4.69) is 29.6 Å². The third-order valence-corrected chi connectivity index (χ3v) is 3.67. The lowest BCUT2D eigenvalue weighted by Crippen LogP contribution is -2.56. The van der Waals surface area contributed by atoms with E-state index in [-0.39, 0.29) is 11.9 Å². The first-order valence-electron chi connectivity index (χ1n) is 6.67. The topological polar surface area (TPSA) is 58.9 Å². The van der Waals surface area contributed by atoms with Crippen molar-refractivity contribution in [1.29, 1.82) is 0 Å². The van der Waals surface area contributed by atoms with E-state index in [1.165, 1.54) is 0 Å². The number of nitrogens with zero attached hydrogens (tertiary/aromatic N) is 2. The molecule has 0 radical (unpaired) electrons. The summed E-state index contributed by atoms with van der Waals surface area (Å²) >= 11 is 0. The van der Waals surface area contributed by atoms with Gasteiger partial charge in [0.2, 0.25) is 5.91 Å². The molecule has 1 aliphatic heterocycles. The van der Waals surface area contributed by atoms with Crippen molar-refractivity contribution in [3.8, 4) is 0 Å². The summed E-state index contributed by atoms with van der Waals surface area (Å²) in [5.41, 5.74) is 0. The Kier molecular flexibility index (Phi) is 4.36. The highest BCUT2D eigenvalue weighted by Gasteiger charge is 2.28. The average Bonchev–Trinajstić information content (AvgIpc) is 2.84. The lowest BCUT2D eigenvalue weighted by molar-refractivity contribution is -0.122. The molecule has 5 heteroatoms. The molecular weight excluding hydrogens is 228 g/mol. The Bertz CT molecular complexity index is 366. The van der Waals surface area contributed by atoms with Gasteiger partial charge in [0.15, 0.2) is 0 Å². The monoisotopic (exact) mass is 250 g/mol. The molecule has 0 aliphatic carbocycles. The SMILES string of the molecule is CC1CCNC(C)C1NC(=O)CCn1cccn1. The Morgan fingerprint density at radius 3 is 3.06 bits per heavy atom. The summed E-state index contributed by atoms with van der Waals surface area (Å²) in [5.74, 6) is 0.646. The largest absolute Gasteiger partial charge is 0.351 e. The zero-order valence-electron chi connectivity index (χ0n) is 11.1. The lowest BCUT2D eigenvalue weighted by atomic mass is 9.89. The fourth-order valence-corrected chi connectivity index (χ4v) is 2.51. The number of hydrogen-bond acceptors (Lipinski definition) is 3. The van der Waals surface area contributed by atoms with E-state index in [4.69, 9.17) is 0 Å². The molecule has 1 aromatic heterocycles. The summed E-state index contributed by atoms with van der Waals surface area (Å²) in [7, 11) is 0. The van der Waals surface area contributed by atoms with Crippen molar-refractivity contribution in [3.05, 3.63) is 18.5 Å². The van der Waals surface area contributed by atoms with E-state index in [1.807, 2.05) is 12.3 Å². The van der Waals surface area contributed by atoms with Crippen LogP contribution in [0.15, 0.2) is 18.5 Å². The van der Waals surface area contributed by atoms with Crippen molar-refractivity contribution in [1.82, 2.24) is 20.4 Å². The Hall–Kier alpha value is -1.36. The van der Waals surface area contributed by atoms with Crippen molar-refractivity contribution in [2.45, 2.75) is 45.3 Å². The molecule has 18 heavy (non-hydrogen) atoms. The van der Waals surface area contributed by atoms with E-state index < -0.39 is 0 Å². The quantitative estimate of drug-likeness (QED) is 0.830. The fraction of sp³-hybridized carbons (Fsp3) is 0.692. The fourth-order valence-electron chi connectivity index (χ4n) is 2.51. The van der Waals surface area contributed by atoms with Crippen LogP contribution in [0.4, 0.5) is 0 Å². The zero-order valence-corrected chi connectivity index (χ0v) is 11.1. The molecular formula is C13H22N4O. The molecule has 0 spiro atoms. The number of hydrogen-bond donors (Lipinski definition) is 2. The van der Waals surface area contributed by atoms with Crippen LogP contribution >= 0.6 is 0 Å². The number of rotatable bonds is 4. The van der Waals surface area contributed by atoms with Crippen LogP contribution in [0.1, 0.15) is 26.7 Å². The minimum absolute atomic E-state index is 0.109. The van der Waals surface area contributed by atoms with Gasteiger partial charge < -0.3 is 10.6 Å². The molecule has 1 saturated heterocycles. The highest BCUT2D eigenvalue weighted by molar-refractivity contribution is 5.76. The van der Waals surface area contributed by atoms with Gasteiger partial charge in [-0.05, 0) is 31.9 Å². The van der Waals surface area contributed by atoms with Crippen molar-refractivity contribution in [3.63, 3.8) is 0 Å². The van der Waals surface area contributed by atoms with E-state index >= 15 is 0 Å². The van der Waals surface area contributed by atoms with Gasteiger partial charge in [-0.1, -0.05) is 6.92 Å². The maximum atomic E-state index is 11.9. The summed E-state index contributed by atoms with van der Waals surface area (Å²) in [4.78, 5) is 11.9. The summed E-state index contributed by atoms with van der Waals surface area (Å²) in [6.07, 6.45) is 5.21. The molecule has 1 fully saturated rings. The Morgan fingerprint density at radius 2 is 2.39 bits per heavy atom. The van der Waals surface area contributed by atoms with Crippen molar-refractivity contribution in [2.75, 3.05) is 6.54 Å². The van der Waals surface area contributed by atoms with E-state index in [0.717, 1.165) is 13.0 Å². The zero-order chi connectivity index (χ0) is 13.0. The number of carbonyl (C=O) groups is 1. The van der Waals surface area contributed by atoms with E-state index in [0.29, 0.717) is 24.9 Å². The number of aryl methyl sites for hydroxylation is 1. The smallest absolute Gasteiger partial charge is 0.222 e. The maximum absolute atomic E-state index is 11.9. The first kappa shape index (κ1) is 13.1. The van der Waals surface area contributed by atoms with Crippen LogP contribution in [0.25, 0.3) is 0 Å². The predicted molar refractivity (Wildman–Crippen MR) is 70.0 cm³/mol. The van der Waals surface area contributed by atoms with Crippen LogP contribution in [-0.2, 0) is 11.3 Å². The second kappa shape index (κ2) is 6.00. The highest BCUT2D eigenvalue weighted by atomic mass is 16.1. The van der Waals surface area contributed by atoms with Crippen LogP contribution in [0.5, 0.6) is 0 Å². The van der Waals surface area contributed by atoms with Crippen molar-refractivity contribution in [2.24, 2.45) is 5.92 Å². The molecule has 1 aliphatic rings. The van der Waals surface area contributed by atoms with E-state index in [1.54, 1.807) is 10.9 Å². The van der Waals surface area contributed by atoms with Gasteiger partial charge in [0.05, 0.1) is 0 Å². The van der Waals surface area contributed by atoms with Crippen LogP contribution in [0.2, 0.25) is 0 Å². The molecule has 0 saturated carbocycles. The summed E-state index contributed by atoms with van der Waals surface area (Å²) < 4.78 is 1.78. The van der Waals surface area contributed by atoms with Gasteiger partial charge in [0.25, 0.3) is 0 Å². The number of carbonyl (C=O) groups excluding carboxylic acids is 1. The first-order valence-corrected chi connectivity index (χ1v) is 6.67. The number of piperidine rings is 1. The maximum Gasteiger partial charge on any atom is 0.222 e. The molecule has 2 N–H and O–H groups in total. The first-order chi connectivity index (χ1) is 8.66. The Morgan fingerprint density at radius 1 is 1.56 bits per heavy atom. The molecule has 5 nitrogen and oxygen atoms in total. The van der Waals surface area contributed by atoms with Crippen LogP contribution < -0.4 is 10.6 Å². The predicted octanol–water partition coefficient (Wildman–Crippen LogP) is 0.776. The Balaban J connectivity index is 1.79. The van der Waals surface area contributed by atoms with Gasteiger partial charge in [0.1, 0.15) is 0 Å². The van der Waals surface area contributed by atoms with Gasteiger partial charge in [0, 0.05) is 37.4 Å². The van der Waals surface area contributed by atoms with Gasteiger partial charge >= 0.3 is 0 Å². The van der Waals surface area contributed by atoms with Gasteiger partial charge in [-0.3, -0.25) is 9.48 Å². The molecule has 100 valence electrons. The van der Waals surface area contributed by atoms with Crippen LogP contribution in [-0.4, -0.2) is 34.3 Å². The minimum atomic E-state index is 0.109. The third-order valence-electron chi connectivity index (χ3n) is 3.67. The standard InChI is InChI=1S/C13H22N4O/c1-10-4-7-14-11(2)13(10)16-12(18)5-9-17-8-3-6-15-17/h3,6,8,10-11,13-14H,4-5,7,9H2,1-2H3,(H,16,18). The molecule has 1 aromatic rings. The minimum Gasteiger partial charge on any atom is -0.351 e.